The summed E-state index contributed by atoms with van der Waals surface area (Å²) in [5, 5.41) is 3.44. The van der Waals surface area contributed by atoms with Crippen molar-refractivity contribution in [3.05, 3.63) is 34.9 Å². The molecule has 0 aromatic heterocycles. The van der Waals surface area contributed by atoms with E-state index in [1.165, 1.54) is 29.5 Å². The molecule has 1 fully saturated rings. The van der Waals surface area contributed by atoms with Gasteiger partial charge in [-0.15, -0.1) is 0 Å². The summed E-state index contributed by atoms with van der Waals surface area (Å²) in [7, 11) is 0. The van der Waals surface area contributed by atoms with Gasteiger partial charge in [0.1, 0.15) is 0 Å². The minimum atomic E-state index is 0.188. The predicted molar refractivity (Wildman–Crippen MR) is 68.4 cm³/mol. The van der Waals surface area contributed by atoms with E-state index in [4.69, 9.17) is 5.73 Å². The molecule has 1 saturated heterocycles. The van der Waals surface area contributed by atoms with Gasteiger partial charge in [0, 0.05) is 6.04 Å². The lowest BCUT2D eigenvalue weighted by Crippen LogP contribution is -2.36. The molecule has 1 aromatic carbocycles. The van der Waals surface area contributed by atoms with Crippen LogP contribution < -0.4 is 11.1 Å². The van der Waals surface area contributed by atoms with E-state index in [1.807, 2.05) is 0 Å². The third-order valence-corrected chi connectivity index (χ3v) is 3.63. The number of rotatable bonds is 2. The zero-order valence-electron chi connectivity index (χ0n) is 10.3. The molecule has 2 unspecified atom stereocenters. The monoisotopic (exact) mass is 218 g/mol. The Morgan fingerprint density at radius 2 is 2.19 bits per heavy atom. The maximum Gasteiger partial charge on any atom is 0.0338 e. The molecular weight excluding hydrogens is 196 g/mol. The van der Waals surface area contributed by atoms with Gasteiger partial charge in [-0.25, -0.2) is 0 Å². The fourth-order valence-electron chi connectivity index (χ4n) is 2.64. The molecule has 0 aliphatic carbocycles. The molecule has 1 aromatic rings. The lowest BCUT2D eigenvalue weighted by Gasteiger charge is -2.29. The molecule has 2 rings (SSSR count). The molecule has 2 atom stereocenters. The van der Waals surface area contributed by atoms with Crippen LogP contribution >= 0.6 is 0 Å². The van der Waals surface area contributed by atoms with Crippen molar-refractivity contribution in [2.75, 3.05) is 13.1 Å². The summed E-state index contributed by atoms with van der Waals surface area (Å²) in [5.74, 6) is 0.593. The van der Waals surface area contributed by atoms with Crippen LogP contribution in [0, 0.1) is 19.8 Å². The van der Waals surface area contributed by atoms with Crippen molar-refractivity contribution in [2.24, 2.45) is 11.7 Å². The first-order valence-corrected chi connectivity index (χ1v) is 6.22. The zero-order chi connectivity index (χ0) is 11.5. The second kappa shape index (κ2) is 4.98. The lowest BCUT2D eigenvalue weighted by molar-refractivity contribution is 0.326. The Labute approximate surface area is 98.2 Å². The van der Waals surface area contributed by atoms with E-state index >= 15 is 0 Å². The van der Waals surface area contributed by atoms with Crippen LogP contribution in [0.5, 0.6) is 0 Å². The van der Waals surface area contributed by atoms with E-state index in [2.05, 4.69) is 37.4 Å². The number of aryl methyl sites for hydroxylation is 2. The molecule has 0 bridgehead atoms. The van der Waals surface area contributed by atoms with Crippen molar-refractivity contribution < 1.29 is 0 Å². The van der Waals surface area contributed by atoms with E-state index in [-0.39, 0.29) is 6.04 Å². The van der Waals surface area contributed by atoms with Crippen LogP contribution in [0.1, 0.15) is 35.6 Å². The van der Waals surface area contributed by atoms with Gasteiger partial charge in [-0.2, -0.15) is 0 Å². The normalized spacial score (nSPS) is 23.1. The molecule has 1 heterocycles. The second-order valence-corrected chi connectivity index (χ2v) is 4.99. The minimum absolute atomic E-state index is 0.188. The molecule has 0 amide bonds. The fourth-order valence-corrected chi connectivity index (χ4v) is 2.64. The Kier molecular flexibility index (Phi) is 3.62. The first kappa shape index (κ1) is 11.6. The summed E-state index contributed by atoms with van der Waals surface area (Å²) in [6.45, 7) is 6.51. The highest BCUT2D eigenvalue weighted by molar-refractivity contribution is 5.33. The Bertz CT molecular complexity index is 354. The second-order valence-electron chi connectivity index (χ2n) is 4.99. The number of hydrogen-bond acceptors (Lipinski definition) is 2. The fraction of sp³-hybridized carbons (Fsp3) is 0.571. The van der Waals surface area contributed by atoms with Crippen LogP contribution in [0.3, 0.4) is 0 Å². The quantitative estimate of drug-likeness (QED) is 0.799. The van der Waals surface area contributed by atoms with Crippen LogP contribution in [0.2, 0.25) is 0 Å². The zero-order valence-corrected chi connectivity index (χ0v) is 10.3. The smallest absolute Gasteiger partial charge is 0.0338 e. The molecule has 1 aliphatic heterocycles. The average Bonchev–Trinajstić information content (AvgIpc) is 2.29. The predicted octanol–water partition coefficient (Wildman–Crippen LogP) is 2.30. The van der Waals surface area contributed by atoms with Gasteiger partial charge in [-0.1, -0.05) is 23.8 Å². The molecule has 0 radical (unpaired) electrons. The van der Waals surface area contributed by atoms with Crippen molar-refractivity contribution in [1.82, 2.24) is 5.32 Å². The molecule has 3 N–H and O–H groups in total. The van der Waals surface area contributed by atoms with Gasteiger partial charge in [0.15, 0.2) is 0 Å². The van der Waals surface area contributed by atoms with Gasteiger partial charge in [-0.3, -0.25) is 0 Å². The molecule has 2 heteroatoms. The van der Waals surface area contributed by atoms with Gasteiger partial charge in [0.05, 0.1) is 0 Å². The Balaban J connectivity index is 2.15. The Morgan fingerprint density at radius 1 is 1.38 bits per heavy atom. The topological polar surface area (TPSA) is 38.0 Å². The summed E-state index contributed by atoms with van der Waals surface area (Å²) in [6.07, 6.45) is 2.50. The maximum absolute atomic E-state index is 6.38. The molecule has 1 aliphatic rings. The van der Waals surface area contributed by atoms with E-state index in [9.17, 15) is 0 Å². The number of nitrogens with two attached hydrogens (primary N) is 1. The van der Waals surface area contributed by atoms with E-state index in [1.54, 1.807) is 0 Å². The van der Waals surface area contributed by atoms with Crippen LogP contribution in [0.25, 0.3) is 0 Å². The van der Waals surface area contributed by atoms with Gasteiger partial charge in [0.2, 0.25) is 0 Å². The average molecular weight is 218 g/mol. The SMILES string of the molecule is Cc1ccc(C(N)C2CCCNC2)c(C)c1. The van der Waals surface area contributed by atoms with Crippen molar-refractivity contribution in [3.63, 3.8) is 0 Å². The molecule has 16 heavy (non-hydrogen) atoms. The summed E-state index contributed by atoms with van der Waals surface area (Å²) >= 11 is 0. The molecular formula is C14H22N2. The van der Waals surface area contributed by atoms with E-state index < -0.39 is 0 Å². The van der Waals surface area contributed by atoms with Gasteiger partial charge in [-0.05, 0) is 56.8 Å². The first-order chi connectivity index (χ1) is 7.68. The van der Waals surface area contributed by atoms with Crippen LogP contribution in [-0.2, 0) is 0 Å². The summed E-state index contributed by atoms with van der Waals surface area (Å²) in [5.41, 5.74) is 10.3. The van der Waals surface area contributed by atoms with Crippen LogP contribution in [0.15, 0.2) is 18.2 Å². The largest absolute Gasteiger partial charge is 0.324 e. The standard InChI is InChI=1S/C14H22N2/c1-10-5-6-13(11(2)8-10)14(15)12-4-3-7-16-9-12/h5-6,8,12,14,16H,3-4,7,9,15H2,1-2H3. The summed E-state index contributed by atoms with van der Waals surface area (Å²) in [4.78, 5) is 0. The third-order valence-electron chi connectivity index (χ3n) is 3.63. The molecule has 88 valence electrons. The van der Waals surface area contributed by atoms with Gasteiger partial charge in [0.25, 0.3) is 0 Å². The summed E-state index contributed by atoms with van der Waals surface area (Å²) in [6, 6.07) is 6.78. The number of hydrogen-bond donors (Lipinski definition) is 2. The highest BCUT2D eigenvalue weighted by Crippen LogP contribution is 2.27. The minimum Gasteiger partial charge on any atom is -0.324 e. The molecule has 0 spiro atoms. The third kappa shape index (κ3) is 2.45. The number of nitrogens with one attached hydrogen (secondary N) is 1. The Hall–Kier alpha value is -0.860. The highest BCUT2D eigenvalue weighted by atomic mass is 14.9. The van der Waals surface area contributed by atoms with Crippen molar-refractivity contribution in [1.29, 1.82) is 0 Å². The Morgan fingerprint density at radius 3 is 2.81 bits per heavy atom. The van der Waals surface area contributed by atoms with Crippen LogP contribution in [-0.4, -0.2) is 13.1 Å². The molecule has 2 nitrogen and oxygen atoms in total. The highest BCUT2D eigenvalue weighted by Gasteiger charge is 2.22. The summed E-state index contributed by atoms with van der Waals surface area (Å²) < 4.78 is 0. The van der Waals surface area contributed by atoms with Crippen molar-refractivity contribution in [3.8, 4) is 0 Å². The van der Waals surface area contributed by atoms with Crippen LogP contribution in [0.4, 0.5) is 0 Å². The van der Waals surface area contributed by atoms with Gasteiger partial charge < -0.3 is 11.1 Å². The van der Waals surface area contributed by atoms with Crippen molar-refractivity contribution in [2.45, 2.75) is 32.7 Å². The molecule has 0 saturated carbocycles. The van der Waals surface area contributed by atoms with Crippen molar-refractivity contribution >= 4 is 0 Å². The van der Waals surface area contributed by atoms with Gasteiger partial charge >= 0.3 is 0 Å². The van der Waals surface area contributed by atoms with E-state index in [0.29, 0.717) is 5.92 Å². The number of piperidine rings is 1. The van der Waals surface area contributed by atoms with E-state index in [0.717, 1.165) is 13.1 Å². The number of benzene rings is 1. The maximum atomic E-state index is 6.38. The first-order valence-electron chi connectivity index (χ1n) is 6.22. The lowest BCUT2D eigenvalue weighted by atomic mass is 9.86.